The number of anilines is 1. The van der Waals surface area contributed by atoms with Gasteiger partial charge in [-0.15, -0.1) is 0 Å². The molecule has 0 atom stereocenters. The zero-order valence-electron chi connectivity index (χ0n) is 16.3. The third-order valence-corrected chi connectivity index (χ3v) is 4.60. The predicted molar refractivity (Wildman–Crippen MR) is 113 cm³/mol. The quantitative estimate of drug-likeness (QED) is 0.643. The Kier molecular flexibility index (Phi) is 5.94. The lowest BCUT2D eigenvalue weighted by Crippen LogP contribution is -2.21. The highest BCUT2D eigenvalue weighted by molar-refractivity contribution is 5.99. The molecule has 1 N–H and O–H groups in total. The van der Waals surface area contributed by atoms with E-state index in [1.807, 2.05) is 42.5 Å². The molecule has 3 aromatic carbocycles. The SMILES string of the molecule is O=C(COC(=O)c1ccccc1-c1ccccc1)Nc1ccc2c(c1)OCCCO2. The zero-order chi connectivity index (χ0) is 20.8. The van der Waals surface area contributed by atoms with E-state index in [1.54, 1.807) is 30.3 Å². The van der Waals surface area contributed by atoms with Gasteiger partial charge in [-0.25, -0.2) is 4.79 Å². The molecule has 0 aromatic heterocycles. The number of carbonyl (C=O) groups excluding carboxylic acids is 2. The summed E-state index contributed by atoms with van der Waals surface area (Å²) in [6.07, 6.45) is 0.802. The molecule has 0 saturated carbocycles. The molecule has 0 aliphatic carbocycles. The highest BCUT2D eigenvalue weighted by atomic mass is 16.5. The van der Waals surface area contributed by atoms with Crippen molar-refractivity contribution in [3.63, 3.8) is 0 Å². The molecule has 6 nitrogen and oxygen atoms in total. The van der Waals surface area contributed by atoms with Gasteiger partial charge in [0.1, 0.15) is 0 Å². The second kappa shape index (κ2) is 9.13. The van der Waals surface area contributed by atoms with E-state index in [0.29, 0.717) is 36.0 Å². The smallest absolute Gasteiger partial charge is 0.339 e. The molecule has 152 valence electrons. The summed E-state index contributed by atoms with van der Waals surface area (Å²) in [6.45, 7) is 0.762. The molecule has 0 spiro atoms. The lowest BCUT2D eigenvalue weighted by atomic mass is 10.00. The average molecular weight is 403 g/mol. The molecule has 1 heterocycles. The maximum atomic E-state index is 12.6. The van der Waals surface area contributed by atoms with Gasteiger partial charge in [-0.05, 0) is 29.3 Å². The van der Waals surface area contributed by atoms with Crippen LogP contribution in [0.3, 0.4) is 0 Å². The van der Waals surface area contributed by atoms with Gasteiger partial charge in [0.05, 0.1) is 18.8 Å². The average Bonchev–Trinajstić information content (AvgIpc) is 3.03. The van der Waals surface area contributed by atoms with Gasteiger partial charge in [0.25, 0.3) is 5.91 Å². The first-order valence-corrected chi connectivity index (χ1v) is 9.72. The lowest BCUT2D eigenvalue weighted by Gasteiger charge is -2.12. The van der Waals surface area contributed by atoms with Gasteiger partial charge in [0.15, 0.2) is 18.1 Å². The van der Waals surface area contributed by atoms with Crippen LogP contribution in [0.4, 0.5) is 5.69 Å². The van der Waals surface area contributed by atoms with Crippen molar-refractivity contribution in [2.24, 2.45) is 0 Å². The molecule has 4 rings (SSSR count). The molecular weight excluding hydrogens is 382 g/mol. The van der Waals surface area contributed by atoms with Crippen LogP contribution < -0.4 is 14.8 Å². The molecule has 0 bridgehead atoms. The number of rotatable bonds is 5. The largest absolute Gasteiger partial charge is 0.490 e. The zero-order valence-corrected chi connectivity index (χ0v) is 16.3. The van der Waals surface area contributed by atoms with Crippen molar-refractivity contribution in [1.29, 1.82) is 0 Å². The summed E-state index contributed by atoms with van der Waals surface area (Å²) < 4.78 is 16.4. The predicted octanol–water partition coefficient (Wildman–Crippen LogP) is 4.31. The van der Waals surface area contributed by atoms with Crippen LogP contribution in [0.5, 0.6) is 11.5 Å². The summed E-state index contributed by atoms with van der Waals surface area (Å²) in [4.78, 5) is 24.9. The molecule has 3 aromatic rings. The number of hydrogen-bond acceptors (Lipinski definition) is 5. The van der Waals surface area contributed by atoms with Crippen LogP contribution in [0.2, 0.25) is 0 Å². The summed E-state index contributed by atoms with van der Waals surface area (Å²) in [5.74, 6) is 0.242. The molecule has 1 aliphatic heterocycles. The van der Waals surface area contributed by atoms with Gasteiger partial charge in [0, 0.05) is 18.2 Å². The monoisotopic (exact) mass is 403 g/mol. The summed E-state index contributed by atoms with van der Waals surface area (Å²) in [6, 6.07) is 21.9. The standard InChI is InChI=1S/C24H21NO5/c26-23(25-18-11-12-21-22(15-18)29-14-6-13-28-21)16-30-24(27)20-10-5-4-9-19(20)17-7-2-1-3-8-17/h1-5,7-12,15H,6,13-14,16H2,(H,25,26). The highest BCUT2D eigenvalue weighted by Crippen LogP contribution is 2.32. The summed E-state index contributed by atoms with van der Waals surface area (Å²) in [5, 5.41) is 2.71. The number of benzene rings is 3. The van der Waals surface area contributed by atoms with Gasteiger partial charge < -0.3 is 19.5 Å². The molecule has 1 aliphatic rings. The Hall–Kier alpha value is -3.80. The third kappa shape index (κ3) is 4.60. The van der Waals surface area contributed by atoms with Gasteiger partial charge >= 0.3 is 5.97 Å². The fourth-order valence-electron chi connectivity index (χ4n) is 3.18. The highest BCUT2D eigenvalue weighted by Gasteiger charge is 2.16. The maximum absolute atomic E-state index is 12.6. The van der Waals surface area contributed by atoms with Crippen LogP contribution in [0.15, 0.2) is 72.8 Å². The number of nitrogens with one attached hydrogen (secondary N) is 1. The van der Waals surface area contributed by atoms with E-state index in [0.717, 1.165) is 17.5 Å². The maximum Gasteiger partial charge on any atom is 0.339 e. The first-order valence-electron chi connectivity index (χ1n) is 9.72. The van der Waals surface area contributed by atoms with Crippen molar-refractivity contribution in [2.45, 2.75) is 6.42 Å². The molecule has 30 heavy (non-hydrogen) atoms. The Morgan fingerprint density at radius 2 is 1.60 bits per heavy atom. The number of ether oxygens (including phenoxy) is 3. The van der Waals surface area contributed by atoms with Crippen LogP contribution in [-0.2, 0) is 9.53 Å². The van der Waals surface area contributed by atoms with Gasteiger partial charge in [-0.2, -0.15) is 0 Å². The Labute approximate surface area is 174 Å². The molecule has 6 heteroatoms. The minimum absolute atomic E-state index is 0.392. The Balaban J connectivity index is 1.39. The van der Waals surface area contributed by atoms with Crippen LogP contribution in [0.25, 0.3) is 11.1 Å². The molecule has 0 saturated heterocycles. The third-order valence-electron chi connectivity index (χ3n) is 4.60. The van der Waals surface area contributed by atoms with E-state index in [2.05, 4.69) is 5.32 Å². The molecule has 0 fully saturated rings. The number of amides is 1. The second-order valence-electron chi connectivity index (χ2n) is 6.75. The summed E-state index contributed by atoms with van der Waals surface area (Å²) >= 11 is 0. The first kappa shape index (κ1) is 19.5. The van der Waals surface area contributed by atoms with E-state index in [1.165, 1.54) is 0 Å². The molecule has 0 unspecified atom stereocenters. The fraction of sp³-hybridized carbons (Fsp3) is 0.167. The fourth-order valence-corrected chi connectivity index (χ4v) is 3.18. The van der Waals surface area contributed by atoms with Gasteiger partial charge in [-0.1, -0.05) is 48.5 Å². The van der Waals surface area contributed by atoms with Crippen molar-refractivity contribution in [3.8, 4) is 22.6 Å². The first-order chi connectivity index (χ1) is 14.7. The van der Waals surface area contributed by atoms with Crippen molar-refractivity contribution >= 4 is 17.6 Å². The molecule has 1 amide bonds. The van der Waals surface area contributed by atoms with E-state index in [4.69, 9.17) is 14.2 Å². The lowest BCUT2D eigenvalue weighted by molar-refractivity contribution is -0.119. The van der Waals surface area contributed by atoms with Crippen LogP contribution >= 0.6 is 0 Å². The van der Waals surface area contributed by atoms with E-state index in [-0.39, 0.29) is 0 Å². The molecule has 0 radical (unpaired) electrons. The number of hydrogen-bond donors (Lipinski definition) is 1. The minimum Gasteiger partial charge on any atom is -0.490 e. The van der Waals surface area contributed by atoms with Gasteiger partial charge in [0.2, 0.25) is 0 Å². The van der Waals surface area contributed by atoms with Crippen molar-refractivity contribution in [2.75, 3.05) is 25.1 Å². The van der Waals surface area contributed by atoms with Crippen molar-refractivity contribution < 1.29 is 23.8 Å². The van der Waals surface area contributed by atoms with Crippen LogP contribution in [-0.4, -0.2) is 31.7 Å². The van der Waals surface area contributed by atoms with Gasteiger partial charge in [-0.3, -0.25) is 4.79 Å². The Bertz CT molecular complexity index is 1050. The summed E-state index contributed by atoms with van der Waals surface area (Å²) in [7, 11) is 0. The van der Waals surface area contributed by atoms with Crippen LogP contribution in [0.1, 0.15) is 16.8 Å². The Morgan fingerprint density at radius 1 is 0.867 bits per heavy atom. The Morgan fingerprint density at radius 3 is 2.43 bits per heavy atom. The number of carbonyl (C=O) groups is 2. The van der Waals surface area contributed by atoms with E-state index in [9.17, 15) is 9.59 Å². The number of esters is 1. The van der Waals surface area contributed by atoms with Crippen LogP contribution in [0, 0.1) is 0 Å². The van der Waals surface area contributed by atoms with E-state index < -0.39 is 18.5 Å². The second-order valence-corrected chi connectivity index (χ2v) is 6.75. The van der Waals surface area contributed by atoms with Crippen molar-refractivity contribution in [1.82, 2.24) is 0 Å². The normalized spacial score (nSPS) is 12.5. The van der Waals surface area contributed by atoms with E-state index >= 15 is 0 Å². The number of fused-ring (bicyclic) bond motifs is 1. The topological polar surface area (TPSA) is 73.9 Å². The summed E-state index contributed by atoms with van der Waals surface area (Å²) in [5.41, 5.74) is 2.62. The molecular formula is C24H21NO5. The minimum atomic E-state index is -0.553. The van der Waals surface area contributed by atoms with Crippen molar-refractivity contribution in [3.05, 3.63) is 78.4 Å².